The molecule has 0 aliphatic rings. The Morgan fingerprint density at radius 1 is 1.08 bits per heavy atom. The smallest absolute Gasteiger partial charge is 0.338 e. The van der Waals surface area contributed by atoms with Crippen molar-refractivity contribution >= 4 is 21.7 Å². The lowest BCUT2D eigenvalue weighted by molar-refractivity contribution is 0.0697. The van der Waals surface area contributed by atoms with Crippen LogP contribution in [-0.4, -0.2) is 40.8 Å². The third kappa shape index (κ3) is 3.49. The third-order valence-electron chi connectivity index (χ3n) is 3.42. The summed E-state index contributed by atoms with van der Waals surface area (Å²) in [6.07, 6.45) is 0. The van der Waals surface area contributed by atoms with Gasteiger partial charge in [0.05, 0.1) is 26.9 Å². The quantitative estimate of drug-likeness (QED) is 0.752. The van der Waals surface area contributed by atoms with Gasteiger partial charge in [-0.2, -0.15) is 0 Å². The normalized spacial score (nSPS) is 10.9. The van der Waals surface area contributed by atoms with Crippen molar-refractivity contribution in [1.29, 1.82) is 0 Å². The zero-order chi connectivity index (χ0) is 19.5. The van der Waals surface area contributed by atoms with E-state index >= 15 is 0 Å². The van der Waals surface area contributed by atoms with Crippen molar-refractivity contribution in [2.24, 2.45) is 0 Å². The number of anilines is 1. The molecule has 0 aromatic heterocycles. The molecule has 140 valence electrons. The van der Waals surface area contributed by atoms with Gasteiger partial charge in [0.1, 0.15) is 16.4 Å². The minimum absolute atomic E-state index is 0.0220. The number of ether oxygens (including phenoxy) is 3. The number of hydrogen-bond acceptors (Lipinski definition) is 6. The van der Waals surface area contributed by atoms with Gasteiger partial charge < -0.3 is 19.3 Å². The minimum Gasteiger partial charge on any atom is -0.493 e. The standard InChI is InChI=1S/C16H16FNO7S/c1-23-11-8-9(16(19)20)13(15(25-3)14(11)24-2)18-26(21,22)12-7-5-4-6-10(12)17/h4-8,18H,1-3H3,(H,19,20). The van der Waals surface area contributed by atoms with Crippen LogP contribution in [0.4, 0.5) is 10.1 Å². The SMILES string of the molecule is COc1cc(C(=O)O)c(NS(=O)(=O)c2ccccc2F)c(OC)c1OC. The Morgan fingerprint density at radius 2 is 1.69 bits per heavy atom. The third-order valence-corrected chi connectivity index (χ3v) is 4.81. The topological polar surface area (TPSA) is 111 Å². The molecular weight excluding hydrogens is 369 g/mol. The maximum Gasteiger partial charge on any atom is 0.338 e. The van der Waals surface area contributed by atoms with Crippen molar-refractivity contribution in [2.75, 3.05) is 26.1 Å². The number of benzene rings is 2. The van der Waals surface area contributed by atoms with Gasteiger partial charge in [0, 0.05) is 6.07 Å². The highest BCUT2D eigenvalue weighted by Crippen LogP contribution is 2.46. The van der Waals surface area contributed by atoms with E-state index in [0.29, 0.717) is 0 Å². The Morgan fingerprint density at radius 3 is 2.19 bits per heavy atom. The van der Waals surface area contributed by atoms with E-state index < -0.39 is 38.0 Å². The number of halogens is 1. The first-order valence-corrected chi connectivity index (χ1v) is 8.58. The molecule has 0 fully saturated rings. The number of carboxylic acids is 1. The molecule has 2 rings (SSSR count). The van der Waals surface area contributed by atoms with Gasteiger partial charge in [0.15, 0.2) is 11.5 Å². The van der Waals surface area contributed by atoms with E-state index in [0.717, 1.165) is 18.2 Å². The van der Waals surface area contributed by atoms with Crippen molar-refractivity contribution in [2.45, 2.75) is 4.90 Å². The molecule has 2 aromatic carbocycles. The first-order valence-electron chi connectivity index (χ1n) is 7.10. The fourth-order valence-corrected chi connectivity index (χ4v) is 3.44. The van der Waals surface area contributed by atoms with Gasteiger partial charge in [0.2, 0.25) is 5.75 Å². The molecule has 0 aliphatic heterocycles. The summed E-state index contributed by atoms with van der Waals surface area (Å²) in [6, 6.07) is 5.75. The summed E-state index contributed by atoms with van der Waals surface area (Å²) in [5, 5.41) is 9.43. The molecular formula is C16H16FNO7S. The molecule has 26 heavy (non-hydrogen) atoms. The van der Waals surface area contributed by atoms with Crippen molar-refractivity contribution in [3.63, 3.8) is 0 Å². The molecule has 0 aliphatic carbocycles. The van der Waals surface area contributed by atoms with Crippen LogP contribution < -0.4 is 18.9 Å². The lowest BCUT2D eigenvalue weighted by Gasteiger charge is -2.19. The second kappa shape index (κ2) is 7.48. The Bertz CT molecular complexity index is 944. The molecule has 0 amide bonds. The van der Waals surface area contributed by atoms with Crippen LogP contribution in [0.2, 0.25) is 0 Å². The minimum atomic E-state index is -4.44. The van der Waals surface area contributed by atoms with Crippen LogP contribution in [0.5, 0.6) is 17.2 Å². The van der Waals surface area contributed by atoms with E-state index in [-0.39, 0.29) is 17.2 Å². The number of carboxylic acid groups (broad SMARTS) is 1. The number of hydrogen-bond donors (Lipinski definition) is 2. The number of sulfonamides is 1. The predicted molar refractivity (Wildman–Crippen MR) is 90.3 cm³/mol. The highest BCUT2D eigenvalue weighted by molar-refractivity contribution is 7.92. The second-order valence-corrected chi connectivity index (χ2v) is 6.56. The lowest BCUT2D eigenvalue weighted by Crippen LogP contribution is -2.18. The van der Waals surface area contributed by atoms with Crippen LogP contribution in [0.15, 0.2) is 35.2 Å². The molecule has 2 aromatic rings. The molecule has 0 spiro atoms. The number of rotatable bonds is 7. The Labute approximate surface area is 149 Å². The number of nitrogens with one attached hydrogen (secondary N) is 1. The molecule has 2 N–H and O–H groups in total. The maximum absolute atomic E-state index is 13.9. The zero-order valence-electron chi connectivity index (χ0n) is 14.1. The van der Waals surface area contributed by atoms with E-state index in [9.17, 15) is 22.7 Å². The van der Waals surface area contributed by atoms with Crippen LogP contribution in [0.1, 0.15) is 10.4 Å². The zero-order valence-corrected chi connectivity index (χ0v) is 14.9. The number of aromatic carboxylic acids is 1. The lowest BCUT2D eigenvalue weighted by atomic mass is 10.1. The monoisotopic (exact) mass is 385 g/mol. The van der Waals surface area contributed by atoms with Gasteiger partial charge in [-0.1, -0.05) is 12.1 Å². The van der Waals surface area contributed by atoms with Crippen LogP contribution in [0.25, 0.3) is 0 Å². The second-order valence-electron chi connectivity index (χ2n) is 4.91. The predicted octanol–water partition coefficient (Wildman–Crippen LogP) is 2.35. The van der Waals surface area contributed by atoms with Crippen molar-refractivity contribution in [1.82, 2.24) is 0 Å². The fourth-order valence-electron chi connectivity index (χ4n) is 2.28. The summed E-state index contributed by atoms with van der Waals surface area (Å²) < 4.78 is 56.3. The largest absolute Gasteiger partial charge is 0.493 e. The molecule has 0 bridgehead atoms. The van der Waals surface area contributed by atoms with E-state index in [1.54, 1.807) is 0 Å². The molecule has 10 heteroatoms. The van der Waals surface area contributed by atoms with Crippen LogP contribution >= 0.6 is 0 Å². The van der Waals surface area contributed by atoms with Crippen molar-refractivity contribution in [3.05, 3.63) is 41.7 Å². The van der Waals surface area contributed by atoms with Gasteiger partial charge in [-0.3, -0.25) is 4.72 Å². The van der Waals surface area contributed by atoms with Crippen molar-refractivity contribution < 1.29 is 36.9 Å². The summed E-state index contributed by atoms with van der Waals surface area (Å²) in [4.78, 5) is 10.9. The highest BCUT2D eigenvalue weighted by Gasteiger charge is 2.28. The Kier molecular flexibility index (Phi) is 5.56. The average Bonchev–Trinajstić information content (AvgIpc) is 2.60. The number of methoxy groups -OCH3 is 3. The molecule has 0 unspecified atom stereocenters. The van der Waals surface area contributed by atoms with Crippen molar-refractivity contribution in [3.8, 4) is 17.2 Å². The van der Waals surface area contributed by atoms with E-state index in [4.69, 9.17) is 14.2 Å². The molecule has 0 radical (unpaired) electrons. The molecule has 0 atom stereocenters. The summed E-state index contributed by atoms with van der Waals surface area (Å²) in [5.41, 5.74) is -0.875. The van der Waals surface area contributed by atoms with Gasteiger partial charge in [-0.05, 0) is 12.1 Å². The first kappa shape index (κ1) is 19.3. The van der Waals surface area contributed by atoms with Crippen LogP contribution in [0, 0.1) is 5.82 Å². The maximum atomic E-state index is 13.9. The molecule has 0 saturated carbocycles. The Balaban J connectivity index is 2.72. The Hall–Kier alpha value is -3.01. The van der Waals surface area contributed by atoms with Crippen LogP contribution in [0.3, 0.4) is 0 Å². The number of carbonyl (C=O) groups is 1. The highest BCUT2D eigenvalue weighted by atomic mass is 32.2. The first-order chi connectivity index (χ1) is 12.3. The van der Waals surface area contributed by atoms with E-state index in [1.165, 1.54) is 33.5 Å². The van der Waals surface area contributed by atoms with Gasteiger partial charge in [-0.15, -0.1) is 0 Å². The van der Waals surface area contributed by atoms with E-state index in [2.05, 4.69) is 4.72 Å². The molecule has 0 heterocycles. The molecule has 8 nitrogen and oxygen atoms in total. The van der Waals surface area contributed by atoms with Crippen LogP contribution in [-0.2, 0) is 10.0 Å². The van der Waals surface area contributed by atoms with Gasteiger partial charge in [0.25, 0.3) is 10.0 Å². The summed E-state index contributed by atoms with van der Waals surface area (Å²) in [5.74, 6) is -2.65. The van der Waals surface area contributed by atoms with Gasteiger partial charge in [-0.25, -0.2) is 17.6 Å². The fraction of sp³-hybridized carbons (Fsp3) is 0.188. The summed E-state index contributed by atoms with van der Waals surface area (Å²) in [6.45, 7) is 0. The summed E-state index contributed by atoms with van der Waals surface area (Å²) in [7, 11) is -0.686. The summed E-state index contributed by atoms with van der Waals surface area (Å²) >= 11 is 0. The van der Waals surface area contributed by atoms with Gasteiger partial charge >= 0.3 is 5.97 Å². The molecule has 0 saturated heterocycles. The average molecular weight is 385 g/mol. The van der Waals surface area contributed by atoms with E-state index in [1.807, 2.05) is 0 Å².